The first kappa shape index (κ1) is 18.9. The summed E-state index contributed by atoms with van der Waals surface area (Å²) in [6.07, 6.45) is 2.77. The minimum Gasteiger partial charge on any atom is -0.493 e. The van der Waals surface area contributed by atoms with Crippen LogP contribution in [0.5, 0.6) is 5.75 Å². The molecule has 0 N–H and O–H groups in total. The first-order valence-corrected chi connectivity index (χ1v) is 7.59. The van der Waals surface area contributed by atoms with Gasteiger partial charge in [0.2, 0.25) is 0 Å². The molecule has 0 saturated carbocycles. The molecule has 0 amide bonds. The standard InChI is InChI=1S/C15H18ClNO6/c1-2-22-14(19)6-4-3-5-9-23-13-8-7-12(16)15(17(20)21)11(13)10-18/h7-8,10H,2-6,9H2,1H3. The molecule has 0 fully saturated rings. The van der Waals surface area contributed by atoms with Crippen LogP contribution in [0.3, 0.4) is 0 Å². The summed E-state index contributed by atoms with van der Waals surface area (Å²) in [6.45, 7) is 2.40. The van der Waals surface area contributed by atoms with Gasteiger partial charge in [0.05, 0.1) is 18.1 Å². The van der Waals surface area contributed by atoms with E-state index < -0.39 is 10.6 Å². The van der Waals surface area contributed by atoms with Crippen LogP contribution in [0.15, 0.2) is 12.1 Å². The largest absolute Gasteiger partial charge is 0.493 e. The van der Waals surface area contributed by atoms with E-state index in [-0.39, 0.29) is 28.9 Å². The van der Waals surface area contributed by atoms with Crippen molar-refractivity contribution in [3.05, 3.63) is 32.8 Å². The third kappa shape index (κ3) is 5.86. The van der Waals surface area contributed by atoms with Crippen LogP contribution in [-0.2, 0) is 9.53 Å². The molecule has 0 radical (unpaired) electrons. The first-order valence-electron chi connectivity index (χ1n) is 7.21. The monoisotopic (exact) mass is 343 g/mol. The number of hydrogen-bond donors (Lipinski definition) is 0. The molecule has 126 valence electrons. The fraction of sp³-hybridized carbons (Fsp3) is 0.467. The van der Waals surface area contributed by atoms with Crippen LogP contribution in [0.2, 0.25) is 5.02 Å². The van der Waals surface area contributed by atoms with E-state index in [1.54, 1.807) is 6.92 Å². The normalized spacial score (nSPS) is 10.2. The highest BCUT2D eigenvalue weighted by atomic mass is 35.5. The van der Waals surface area contributed by atoms with Crippen LogP contribution < -0.4 is 4.74 Å². The van der Waals surface area contributed by atoms with Gasteiger partial charge in [-0.05, 0) is 38.3 Å². The summed E-state index contributed by atoms with van der Waals surface area (Å²) in [5.41, 5.74) is -0.629. The van der Waals surface area contributed by atoms with Gasteiger partial charge in [0.15, 0.2) is 6.29 Å². The van der Waals surface area contributed by atoms with Crippen LogP contribution in [-0.4, -0.2) is 30.4 Å². The third-order valence-electron chi connectivity index (χ3n) is 3.02. The molecule has 0 aliphatic heterocycles. The molecular weight excluding hydrogens is 326 g/mol. The van der Waals surface area contributed by atoms with Crippen LogP contribution in [0.4, 0.5) is 5.69 Å². The Kier molecular flexibility index (Phi) is 8.04. The zero-order valence-electron chi connectivity index (χ0n) is 12.7. The maximum absolute atomic E-state index is 11.1. The Morgan fingerprint density at radius 2 is 2.09 bits per heavy atom. The van der Waals surface area contributed by atoms with Crippen molar-refractivity contribution < 1.29 is 24.0 Å². The van der Waals surface area contributed by atoms with Crippen LogP contribution >= 0.6 is 11.6 Å². The number of carbonyl (C=O) groups excluding carboxylic acids is 2. The van der Waals surface area contributed by atoms with E-state index in [2.05, 4.69) is 0 Å². The van der Waals surface area contributed by atoms with Crippen LogP contribution in [0.1, 0.15) is 43.0 Å². The maximum atomic E-state index is 11.1. The van der Waals surface area contributed by atoms with Gasteiger partial charge in [-0.2, -0.15) is 0 Å². The lowest BCUT2D eigenvalue weighted by molar-refractivity contribution is -0.385. The molecule has 1 aromatic carbocycles. The lowest BCUT2D eigenvalue weighted by Crippen LogP contribution is -2.05. The predicted octanol–water partition coefficient (Wildman–Crippen LogP) is 3.56. The number of nitrogens with zero attached hydrogens (tertiary/aromatic N) is 1. The van der Waals surface area contributed by atoms with E-state index in [9.17, 15) is 19.7 Å². The highest BCUT2D eigenvalue weighted by Gasteiger charge is 2.22. The lowest BCUT2D eigenvalue weighted by atomic mass is 10.1. The molecule has 1 aromatic rings. The second-order valence-electron chi connectivity index (χ2n) is 4.65. The smallest absolute Gasteiger partial charge is 0.305 e. The number of unbranched alkanes of at least 4 members (excludes halogenated alkanes) is 2. The summed E-state index contributed by atoms with van der Waals surface area (Å²) in [5.74, 6) is -0.105. The van der Waals surface area contributed by atoms with Crippen molar-refractivity contribution in [2.75, 3.05) is 13.2 Å². The highest BCUT2D eigenvalue weighted by Crippen LogP contribution is 2.33. The Labute approximate surface area is 138 Å². The summed E-state index contributed by atoms with van der Waals surface area (Å²) in [4.78, 5) is 32.5. The molecule has 0 unspecified atom stereocenters. The third-order valence-corrected chi connectivity index (χ3v) is 3.32. The second-order valence-corrected chi connectivity index (χ2v) is 5.05. The maximum Gasteiger partial charge on any atom is 0.305 e. The van der Waals surface area contributed by atoms with Crippen LogP contribution in [0, 0.1) is 10.1 Å². The topological polar surface area (TPSA) is 95.7 Å². The fourth-order valence-corrected chi connectivity index (χ4v) is 2.19. The number of benzene rings is 1. The molecule has 0 aliphatic carbocycles. The van der Waals surface area contributed by atoms with Gasteiger partial charge in [0.25, 0.3) is 0 Å². The number of nitro benzene ring substituents is 1. The summed E-state index contributed by atoms with van der Waals surface area (Å²) >= 11 is 5.73. The Morgan fingerprint density at radius 1 is 1.35 bits per heavy atom. The minimum atomic E-state index is -0.710. The Bertz CT molecular complexity index is 575. The molecule has 8 heteroatoms. The molecule has 0 saturated heterocycles. The second kappa shape index (κ2) is 9.78. The molecule has 0 bridgehead atoms. The molecule has 0 spiro atoms. The quantitative estimate of drug-likeness (QED) is 0.212. The van der Waals surface area contributed by atoms with Crippen molar-refractivity contribution in [3.8, 4) is 5.75 Å². The van der Waals surface area contributed by atoms with Crippen molar-refractivity contribution in [1.29, 1.82) is 0 Å². The van der Waals surface area contributed by atoms with E-state index in [1.807, 2.05) is 0 Å². The number of carbonyl (C=O) groups is 2. The fourth-order valence-electron chi connectivity index (χ4n) is 1.95. The zero-order chi connectivity index (χ0) is 17.2. The number of aldehydes is 1. The average molecular weight is 344 g/mol. The van der Waals surface area contributed by atoms with Crippen molar-refractivity contribution in [1.82, 2.24) is 0 Å². The SMILES string of the molecule is CCOC(=O)CCCCCOc1ccc(Cl)c([N+](=O)[O-])c1C=O. The number of nitro groups is 1. The Morgan fingerprint density at radius 3 is 2.70 bits per heavy atom. The highest BCUT2D eigenvalue weighted by molar-refractivity contribution is 6.33. The molecule has 23 heavy (non-hydrogen) atoms. The van der Waals surface area contributed by atoms with Gasteiger partial charge in [-0.25, -0.2) is 0 Å². The average Bonchev–Trinajstić information content (AvgIpc) is 2.51. The molecule has 1 rings (SSSR count). The molecular formula is C15H18ClNO6. The van der Waals surface area contributed by atoms with E-state index in [0.717, 1.165) is 6.42 Å². The van der Waals surface area contributed by atoms with Gasteiger partial charge < -0.3 is 9.47 Å². The Balaban J connectivity index is 2.49. The number of ether oxygens (including phenoxy) is 2. The number of esters is 1. The van der Waals surface area contributed by atoms with Gasteiger partial charge in [0, 0.05) is 6.42 Å². The summed E-state index contributed by atoms with van der Waals surface area (Å²) < 4.78 is 10.2. The molecule has 0 heterocycles. The van der Waals surface area contributed by atoms with Gasteiger partial charge in [-0.3, -0.25) is 19.7 Å². The van der Waals surface area contributed by atoms with Gasteiger partial charge >= 0.3 is 11.7 Å². The summed E-state index contributed by atoms with van der Waals surface area (Å²) in [7, 11) is 0. The van der Waals surface area contributed by atoms with Crippen molar-refractivity contribution >= 4 is 29.5 Å². The van der Waals surface area contributed by atoms with Gasteiger partial charge in [0.1, 0.15) is 16.3 Å². The number of rotatable bonds is 10. The zero-order valence-corrected chi connectivity index (χ0v) is 13.5. The summed E-state index contributed by atoms with van der Waals surface area (Å²) in [6, 6.07) is 2.75. The Hall–Kier alpha value is -2.15. The van der Waals surface area contributed by atoms with Crippen LogP contribution in [0.25, 0.3) is 0 Å². The van der Waals surface area contributed by atoms with Crippen molar-refractivity contribution in [3.63, 3.8) is 0 Å². The van der Waals surface area contributed by atoms with Gasteiger partial charge in [-0.1, -0.05) is 11.6 Å². The first-order chi connectivity index (χ1) is 11.0. The van der Waals surface area contributed by atoms with E-state index in [1.165, 1.54) is 12.1 Å². The van der Waals surface area contributed by atoms with E-state index in [0.29, 0.717) is 32.2 Å². The summed E-state index contributed by atoms with van der Waals surface area (Å²) in [5, 5.41) is 10.8. The van der Waals surface area contributed by atoms with Gasteiger partial charge in [-0.15, -0.1) is 0 Å². The molecule has 7 nitrogen and oxygen atoms in total. The molecule has 0 aromatic heterocycles. The molecule has 0 aliphatic rings. The number of halogens is 1. The van der Waals surface area contributed by atoms with Crippen molar-refractivity contribution in [2.45, 2.75) is 32.6 Å². The number of hydrogen-bond acceptors (Lipinski definition) is 6. The van der Waals surface area contributed by atoms with E-state index in [4.69, 9.17) is 21.1 Å². The van der Waals surface area contributed by atoms with Crippen molar-refractivity contribution in [2.24, 2.45) is 0 Å². The molecule has 0 atom stereocenters. The van der Waals surface area contributed by atoms with E-state index >= 15 is 0 Å². The lowest BCUT2D eigenvalue weighted by Gasteiger charge is -2.09. The predicted molar refractivity (Wildman–Crippen MR) is 84.1 cm³/mol. The minimum absolute atomic E-state index is 0.112.